The zero-order valence-corrected chi connectivity index (χ0v) is 7.41. The summed E-state index contributed by atoms with van der Waals surface area (Å²) >= 11 is 0. The normalized spacial score (nSPS) is 29.7. The second-order valence-electron chi connectivity index (χ2n) is 3.34. The third-order valence-corrected chi connectivity index (χ3v) is 1.79. The minimum absolute atomic E-state index is 0.281. The lowest BCUT2D eigenvalue weighted by Gasteiger charge is -2.19. The second kappa shape index (κ2) is 3.44. The predicted molar refractivity (Wildman–Crippen MR) is 44.4 cm³/mol. The molecule has 0 aromatic heterocycles. The van der Waals surface area contributed by atoms with Crippen molar-refractivity contribution in [1.29, 1.82) is 0 Å². The van der Waals surface area contributed by atoms with E-state index in [-0.39, 0.29) is 6.10 Å². The average Bonchev–Trinajstić information content (AvgIpc) is 2.31. The largest absolute Gasteiger partial charge is 0.389 e. The highest BCUT2D eigenvalue weighted by Gasteiger charge is 2.36. The van der Waals surface area contributed by atoms with E-state index in [1.54, 1.807) is 0 Å². The van der Waals surface area contributed by atoms with E-state index < -0.39 is 11.9 Å². The quantitative estimate of drug-likeness (QED) is 0.614. The summed E-state index contributed by atoms with van der Waals surface area (Å²) in [7, 11) is 0. The van der Waals surface area contributed by atoms with Crippen LogP contribution in [-0.2, 0) is 9.47 Å². The molecule has 1 N–H and O–H groups in total. The van der Waals surface area contributed by atoms with Gasteiger partial charge in [-0.3, -0.25) is 0 Å². The zero-order chi connectivity index (χ0) is 9.19. The first-order valence-corrected chi connectivity index (χ1v) is 3.98. The Bertz CT molecular complexity index is 192. The van der Waals surface area contributed by atoms with Crippen LogP contribution in [0.2, 0.25) is 0 Å². The number of hydrogen-bond acceptors (Lipinski definition) is 3. The van der Waals surface area contributed by atoms with Crippen molar-refractivity contribution in [2.45, 2.75) is 38.3 Å². The molecule has 68 valence electrons. The maximum absolute atomic E-state index is 9.43. The molecule has 0 aliphatic carbocycles. The van der Waals surface area contributed by atoms with E-state index in [0.717, 1.165) is 0 Å². The van der Waals surface area contributed by atoms with E-state index in [1.807, 2.05) is 13.8 Å². The van der Waals surface area contributed by atoms with Crippen LogP contribution in [0.25, 0.3) is 0 Å². The fraction of sp³-hybridized carbons (Fsp3) is 0.778. The number of rotatable bonds is 2. The van der Waals surface area contributed by atoms with Gasteiger partial charge in [-0.05, 0) is 13.8 Å². The monoisotopic (exact) mass is 170 g/mol. The van der Waals surface area contributed by atoms with Crippen molar-refractivity contribution in [2.24, 2.45) is 0 Å². The highest BCUT2D eigenvalue weighted by molar-refractivity contribution is 4.91. The van der Waals surface area contributed by atoms with Crippen LogP contribution in [0.15, 0.2) is 0 Å². The van der Waals surface area contributed by atoms with Crippen LogP contribution in [0.1, 0.15) is 20.3 Å². The summed E-state index contributed by atoms with van der Waals surface area (Å²) in [5.74, 6) is 1.80. The maximum atomic E-state index is 9.43. The molecule has 1 aliphatic heterocycles. The van der Waals surface area contributed by atoms with Gasteiger partial charge in [-0.25, -0.2) is 0 Å². The van der Waals surface area contributed by atoms with Gasteiger partial charge in [-0.15, -0.1) is 12.3 Å². The summed E-state index contributed by atoms with van der Waals surface area (Å²) in [5.41, 5.74) is 0. The summed E-state index contributed by atoms with van der Waals surface area (Å²) in [5, 5.41) is 9.43. The van der Waals surface area contributed by atoms with Crippen LogP contribution in [0.5, 0.6) is 0 Å². The summed E-state index contributed by atoms with van der Waals surface area (Å²) in [4.78, 5) is 0. The number of hydrogen-bond donors (Lipinski definition) is 1. The van der Waals surface area contributed by atoms with Crippen molar-refractivity contribution in [1.82, 2.24) is 0 Å². The molecule has 3 heteroatoms. The Hall–Kier alpha value is -0.560. The number of aliphatic hydroxyl groups is 1. The number of terminal acetylenes is 1. The molecule has 0 aromatic carbocycles. The van der Waals surface area contributed by atoms with Crippen molar-refractivity contribution in [3.8, 4) is 12.3 Å². The number of aliphatic hydroxyl groups excluding tert-OH is 1. The molecule has 1 heterocycles. The van der Waals surface area contributed by atoms with Gasteiger partial charge in [-0.1, -0.05) is 0 Å². The molecule has 1 saturated heterocycles. The van der Waals surface area contributed by atoms with E-state index in [2.05, 4.69) is 5.92 Å². The predicted octanol–water partition coefficient (Wildman–Crippen LogP) is 0.522. The molecule has 0 aromatic rings. The second-order valence-corrected chi connectivity index (χ2v) is 3.34. The topological polar surface area (TPSA) is 38.7 Å². The molecule has 0 bridgehead atoms. The third-order valence-electron chi connectivity index (χ3n) is 1.79. The van der Waals surface area contributed by atoms with Crippen molar-refractivity contribution in [3.05, 3.63) is 0 Å². The van der Waals surface area contributed by atoms with E-state index in [4.69, 9.17) is 15.9 Å². The molecule has 3 nitrogen and oxygen atoms in total. The highest BCUT2D eigenvalue weighted by atomic mass is 16.7. The van der Waals surface area contributed by atoms with Gasteiger partial charge >= 0.3 is 0 Å². The third kappa shape index (κ3) is 2.21. The van der Waals surface area contributed by atoms with Gasteiger partial charge < -0.3 is 14.6 Å². The zero-order valence-electron chi connectivity index (χ0n) is 7.41. The lowest BCUT2D eigenvalue weighted by molar-refractivity contribution is -0.150. The minimum atomic E-state index is -0.614. The van der Waals surface area contributed by atoms with E-state index in [9.17, 15) is 5.11 Å². The molecular weight excluding hydrogens is 156 g/mol. The van der Waals surface area contributed by atoms with Crippen molar-refractivity contribution < 1.29 is 14.6 Å². The van der Waals surface area contributed by atoms with Crippen LogP contribution < -0.4 is 0 Å². The Morgan fingerprint density at radius 2 is 2.42 bits per heavy atom. The van der Waals surface area contributed by atoms with Crippen LogP contribution >= 0.6 is 0 Å². The SMILES string of the molecule is C#CCC(O)[C@@H]1COC(C)(C)O1. The van der Waals surface area contributed by atoms with E-state index in [0.29, 0.717) is 13.0 Å². The number of ether oxygens (including phenoxy) is 2. The van der Waals surface area contributed by atoms with E-state index in [1.165, 1.54) is 0 Å². The van der Waals surface area contributed by atoms with Gasteiger partial charge in [0.25, 0.3) is 0 Å². The average molecular weight is 170 g/mol. The van der Waals surface area contributed by atoms with Gasteiger partial charge in [0.05, 0.1) is 12.7 Å². The molecule has 0 spiro atoms. The molecular formula is C9H14O3. The van der Waals surface area contributed by atoms with Gasteiger partial charge in [0.1, 0.15) is 6.10 Å². The Balaban J connectivity index is 2.42. The Morgan fingerprint density at radius 1 is 1.75 bits per heavy atom. The standard InChI is InChI=1S/C9H14O3/c1-4-5-7(10)8-6-11-9(2,3)12-8/h1,7-8,10H,5-6H2,2-3H3/t7?,8-/m0/s1. The van der Waals surface area contributed by atoms with Crippen molar-refractivity contribution in [2.75, 3.05) is 6.61 Å². The van der Waals surface area contributed by atoms with Gasteiger partial charge in [0.15, 0.2) is 5.79 Å². The molecule has 0 radical (unpaired) electrons. The van der Waals surface area contributed by atoms with Crippen LogP contribution in [-0.4, -0.2) is 29.7 Å². The van der Waals surface area contributed by atoms with Gasteiger partial charge in [0, 0.05) is 6.42 Å². The summed E-state index contributed by atoms with van der Waals surface area (Å²) in [6, 6.07) is 0. The minimum Gasteiger partial charge on any atom is -0.389 e. The molecule has 0 amide bonds. The van der Waals surface area contributed by atoms with Crippen LogP contribution in [0.4, 0.5) is 0 Å². The first-order valence-electron chi connectivity index (χ1n) is 3.98. The summed E-state index contributed by atoms with van der Waals surface area (Å²) < 4.78 is 10.7. The summed E-state index contributed by atoms with van der Waals surface area (Å²) in [6.07, 6.45) is 4.47. The molecule has 1 aliphatic rings. The molecule has 1 fully saturated rings. The molecule has 1 rings (SSSR count). The summed E-state index contributed by atoms with van der Waals surface area (Å²) in [6.45, 7) is 4.04. The maximum Gasteiger partial charge on any atom is 0.163 e. The lowest BCUT2D eigenvalue weighted by Crippen LogP contribution is -2.30. The van der Waals surface area contributed by atoms with Crippen molar-refractivity contribution >= 4 is 0 Å². The fourth-order valence-corrected chi connectivity index (χ4v) is 1.16. The van der Waals surface area contributed by atoms with Gasteiger partial charge in [-0.2, -0.15) is 0 Å². The highest BCUT2D eigenvalue weighted by Crippen LogP contribution is 2.24. The first-order chi connectivity index (χ1) is 5.55. The van der Waals surface area contributed by atoms with Crippen LogP contribution in [0, 0.1) is 12.3 Å². The Labute approximate surface area is 72.7 Å². The Kier molecular flexibility index (Phi) is 2.73. The van der Waals surface area contributed by atoms with Crippen molar-refractivity contribution in [3.63, 3.8) is 0 Å². The molecule has 1 unspecified atom stereocenters. The molecule has 0 saturated carbocycles. The smallest absolute Gasteiger partial charge is 0.163 e. The van der Waals surface area contributed by atoms with Crippen LogP contribution in [0.3, 0.4) is 0 Å². The molecule has 2 atom stereocenters. The molecule has 12 heavy (non-hydrogen) atoms. The first kappa shape index (κ1) is 9.53. The lowest BCUT2D eigenvalue weighted by atomic mass is 10.1. The van der Waals surface area contributed by atoms with Gasteiger partial charge in [0.2, 0.25) is 0 Å². The van der Waals surface area contributed by atoms with E-state index >= 15 is 0 Å². The Morgan fingerprint density at radius 3 is 2.83 bits per heavy atom. The fourth-order valence-electron chi connectivity index (χ4n) is 1.16.